The zero-order valence-electron chi connectivity index (χ0n) is 25.6. The van der Waals surface area contributed by atoms with E-state index < -0.39 is 0 Å². The molecule has 9 aromatic carbocycles. The maximum atomic E-state index is 6.74. The zero-order chi connectivity index (χ0) is 30.9. The van der Waals surface area contributed by atoms with Crippen molar-refractivity contribution in [1.29, 1.82) is 0 Å². The Kier molecular flexibility index (Phi) is 5.64. The highest BCUT2D eigenvalue weighted by atomic mass is 16.3. The van der Waals surface area contributed by atoms with Crippen LogP contribution in [0.5, 0.6) is 0 Å². The molecular weight excluding hydrogens is 569 g/mol. The second-order valence-electron chi connectivity index (χ2n) is 12.4. The van der Waals surface area contributed by atoms with Crippen molar-refractivity contribution in [3.8, 4) is 33.4 Å². The standard InChI is InChI=1S/C46H28O/c1-2-12-29(13-3-1)31-25-27-43-42(28-31)40-22-11-23-41(46(40)47-43)45-38-18-8-6-16-36(38)44(37-17-7-9-19-39(37)45)35-21-10-20-33-32-15-5-4-14-30(32)24-26-34(33)35/h1-28H. The average Bonchev–Trinajstić information content (AvgIpc) is 3.52. The number of hydrogen-bond donors (Lipinski definition) is 0. The molecule has 0 saturated heterocycles. The molecule has 1 heterocycles. The SMILES string of the molecule is c1ccc(-c2ccc3oc4c(-c5c6ccccc6c(-c6cccc7c6ccc6ccccc67)c6ccccc56)cccc4c3c2)cc1. The van der Waals surface area contributed by atoms with Gasteiger partial charge in [-0.05, 0) is 77.5 Å². The molecule has 0 aliphatic heterocycles. The summed E-state index contributed by atoms with van der Waals surface area (Å²) < 4.78 is 6.74. The molecule has 1 nitrogen and oxygen atoms in total. The molecule has 10 rings (SSSR count). The van der Waals surface area contributed by atoms with E-state index in [1.165, 1.54) is 70.9 Å². The molecule has 0 amide bonds. The van der Waals surface area contributed by atoms with E-state index in [9.17, 15) is 0 Å². The smallest absolute Gasteiger partial charge is 0.143 e. The first-order valence-electron chi connectivity index (χ1n) is 16.2. The van der Waals surface area contributed by atoms with Crippen molar-refractivity contribution < 1.29 is 4.42 Å². The largest absolute Gasteiger partial charge is 0.455 e. The molecular formula is C46H28O. The molecule has 0 unspecified atom stereocenters. The lowest BCUT2D eigenvalue weighted by atomic mass is 9.84. The van der Waals surface area contributed by atoms with Crippen molar-refractivity contribution >= 4 is 65.0 Å². The molecule has 0 spiro atoms. The van der Waals surface area contributed by atoms with Crippen molar-refractivity contribution in [3.05, 3.63) is 170 Å². The minimum atomic E-state index is 0.903. The zero-order valence-corrected chi connectivity index (χ0v) is 25.6. The third kappa shape index (κ3) is 3.90. The Hall–Kier alpha value is -6.18. The van der Waals surface area contributed by atoms with Gasteiger partial charge in [-0.25, -0.2) is 0 Å². The molecule has 0 N–H and O–H groups in total. The maximum Gasteiger partial charge on any atom is 0.143 e. The summed E-state index contributed by atoms with van der Waals surface area (Å²) in [5.41, 5.74) is 9.06. The second-order valence-corrected chi connectivity index (χ2v) is 12.4. The summed E-state index contributed by atoms with van der Waals surface area (Å²) in [6.07, 6.45) is 0. The highest BCUT2D eigenvalue weighted by Gasteiger charge is 2.21. The van der Waals surface area contributed by atoms with Gasteiger partial charge in [0.15, 0.2) is 0 Å². The fourth-order valence-corrected chi connectivity index (χ4v) is 7.77. The molecule has 1 aromatic heterocycles. The van der Waals surface area contributed by atoms with Crippen molar-refractivity contribution in [2.75, 3.05) is 0 Å². The van der Waals surface area contributed by atoms with Crippen LogP contribution in [-0.2, 0) is 0 Å². The van der Waals surface area contributed by atoms with Gasteiger partial charge < -0.3 is 4.42 Å². The number of fused-ring (bicyclic) bond motifs is 8. The highest BCUT2D eigenvalue weighted by molar-refractivity contribution is 6.26. The Balaban J connectivity index is 1.29. The topological polar surface area (TPSA) is 13.1 Å². The van der Waals surface area contributed by atoms with E-state index in [0.29, 0.717) is 0 Å². The van der Waals surface area contributed by atoms with E-state index in [1.807, 2.05) is 0 Å². The Labute approximate surface area is 271 Å². The predicted molar refractivity (Wildman–Crippen MR) is 200 cm³/mol. The van der Waals surface area contributed by atoms with Crippen LogP contribution >= 0.6 is 0 Å². The van der Waals surface area contributed by atoms with Crippen LogP contribution in [0.4, 0.5) is 0 Å². The van der Waals surface area contributed by atoms with E-state index in [1.54, 1.807) is 0 Å². The number of rotatable bonds is 3. The molecule has 47 heavy (non-hydrogen) atoms. The minimum Gasteiger partial charge on any atom is -0.455 e. The van der Waals surface area contributed by atoms with E-state index in [2.05, 4.69) is 170 Å². The Morgan fingerprint density at radius 1 is 0.298 bits per heavy atom. The number of furan rings is 1. The molecule has 1 heteroatoms. The first-order valence-corrected chi connectivity index (χ1v) is 16.2. The average molecular weight is 597 g/mol. The molecule has 0 atom stereocenters. The number of benzene rings is 9. The van der Waals surface area contributed by atoms with Crippen LogP contribution in [0.25, 0.3) is 98.4 Å². The van der Waals surface area contributed by atoms with Gasteiger partial charge in [-0.1, -0.05) is 158 Å². The lowest BCUT2D eigenvalue weighted by Crippen LogP contribution is -1.92. The normalized spacial score (nSPS) is 11.8. The fraction of sp³-hybridized carbons (Fsp3) is 0. The lowest BCUT2D eigenvalue weighted by molar-refractivity contribution is 0.670. The summed E-state index contributed by atoms with van der Waals surface area (Å²) in [6.45, 7) is 0. The van der Waals surface area contributed by atoms with E-state index in [-0.39, 0.29) is 0 Å². The van der Waals surface area contributed by atoms with Crippen LogP contribution in [0.1, 0.15) is 0 Å². The van der Waals surface area contributed by atoms with Gasteiger partial charge in [0.1, 0.15) is 11.2 Å². The van der Waals surface area contributed by atoms with Crippen molar-refractivity contribution in [1.82, 2.24) is 0 Å². The van der Waals surface area contributed by atoms with Gasteiger partial charge in [0.05, 0.1) is 0 Å². The van der Waals surface area contributed by atoms with Gasteiger partial charge in [-0.15, -0.1) is 0 Å². The van der Waals surface area contributed by atoms with Gasteiger partial charge in [0.2, 0.25) is 0 Å². The minimum absolute atomic E-state index is 0.903. The fourth-order valence-electron chi connectivity index (χ4n) is 7.77. The Morgan fingerprint density at radius 3 is 1.60 bits per heavy atom. The van der Waals surface area contributed by atoms with Gasteiger partial charge in [0, 0.05) is 21.9 Å². The summed E-state index contributed by atoms with van der Waals surface area (Å²) in [4.78, 5) is 0. The molecule has 0 aliphatic carbocycles. The van der Waals surface area contributed by atoms with Crippen LogP contribution in [0.3, 0.4) is 0 Å². The van der Waals surface area contributed by atoms with Gasteiger partial charge in [0.25, 0.3) is 0 Å². The molecule has 0 bridgehead atoms. The third-order valence-corrected chi connectivity index (χ3v) is 9.86. The van der Waals surface area contributed by atoms with Crippen LogP contribution in [0.15, 0.2) is 174 Å². The van der Waals surface area contributed by atoms with Crippen LogP contribution in [0.2, 0.25) is 0 Å². The van der Waals surface area contributed by atoms with Crippen LogP contribution < -0.4 is 0 Å². The predicted octanol–water partition coefficient (Wildman–Crippen LogP) is 13.2. The van der Waals surface area contributed by atoms with Crippen molar-refractivity contribution in [2.24, 2.45) is 0 Å². The second kappa shape index (κ2) is 10.2. The van der Waals surface area contributed by atoms with E-state index >= 15 is 0 Å². The summed E-state index contributed by atoms with van der Waals surface area (Å²) in [5.74, 6) is 0. The maximum absolute atomic E-state index is 6.74. The molecule has 0 radical (unpaired) electrons. The van der Waals surface area contributed by atoms with Crippen LogP contribution in [-0.4, -0.2) is 0 Å². The number of para-hydroxylation sites is 1. The van der Waals surface area contributed by atoms with Crippen LogP contribution in [0, 0.1) is 0 Å². The Bertz CT molecular complexity index is 2780. The summed E-state index contributed by atoms with van der Waals surface area (Å²) in [5, 5.41) is 12.3. The monoisotopic (exact) mass is 596 g/mol. The third-order valence-electron chi connectivity index (χ3n) is 9.86. The quantitative estimate of drug-likeness (QED) is 0.146. The first-order chi connectivity index (χ1) is 23.3. The van der Waals surface area contributed by atoms with Gasteiger partial charge in [-0.2, -0.15) is 0 Å². The highest BCUT2D eigenvalue weighted by Crippen LogP contribution is 2.48. The van der Waals surface area contributed by atoms with Gasteiger partial charge >= 0.3 is 0 Å². The molecule has 0 saturated carbocycles. The van der Waals surface area contributed by atoms with E-state index in [4.69, 9.17) is 4.42 Å². The van der Waals surface area contributed by atoms with Crippen molar-refractivity contribution in [3.63, 3.8) is 0 Å². The van der Waals surface area contributed by atoms with Crippen molar-refractivity contribution in [2.45, 2.75) is 0 Å². The summed E-state index contributed by atoms with van der Waals surface area (Å²) in [6, 6.07) is 61.4. The van der Waals surface area contributed by atoms with E-state index in [0.717, 1.165) is 27.5 Å². The van der Waals surface area contributed by atoms with Gasteiger partial charge in [-0.3, -0.25) is 0 Å². The molecule has 10 aromatic rings. The Morgan fingerprint density at radius 2 is 0.872 bits per heavy atom. The first kappa shape index (κ1) is 26.1. The molecule has 0 aliphatic rings. The summed E-state index contributed by atoms with van der Waals surface area (Å²) in [7, 11) is 0. The summed E-state index contributed by atoms with van der Waals surface area (Å²) >= 11 is 0. The number of hydrogen-bond acceptors (Lipinski definition) is 1. The molecule has 218 valence electrons. The molecule has 0 fully saturated rings. The lowest BCUT2D eigenvalue weighted by Gasteiger charge is -2.19.